The molecule has 3 aromatic carbocycles. The molecule has 0 heterocycles. The SMILES string of the molecule is Cc1ccc(Cc2ccc(C)c(-c3ccccc3)c2)cc1CCCS(=O)(=O)O. The van der Waals surface area contributed by atoms with Crippen LogP contribution < -0.4 is 0 Å². The smallest absolute Gasteiger partial charge is 0.264 e. The van der Waals surface area contributed by atoms with Crippen molar-refractivity contribution in [3.63, 3.8) is 0 Å². The first-order valence-corrected chi connectivity index (χ1v) is 11.1. The highest BCUT2D eigenvalue weighted by atomic mass is 32.2. The minimum Gasteiger partial charge on any atom is -0.286 e. The Morgan fingerprint density at radius 3 is 2.14 bits per heavy atom. The summed E-state index contributed by atoms with van der Waals surface area (Å²) in [6.45, 7) is 4.16. The highest BCUT2D eigenvalue weighted by Crippen LogP contribution is 2.26. The van der Waals surface area contributed by atoms with Gasteiger partial charge in [-0.15, -0.1) is 0 Å². The van der Waals surface area contributed by atoms with Crippen LogP contribution in [0.25, 0.3) is 11.1 Å². The lowest BCUT2D eigenvalue weighted by Crippen LogP contribution is -2.05. The van der Waals surface area contributed by atoms with Crippen molar-refractivity contribution >= 4 is 10.1 Å². The van der Waals surface area contributed by atoms with Crippen molar-refractivity contribution in [2.75, 3.05) is 5.75 Å². The quantitative estimate of drug-likeness (QED) is 0.547. The molecule has 0 aliphatic heterocycles. The van der Waals surface area contributed by atoms with Crippen LogP contribution in [-0.2, 0) is 23.0 Å². The second kappa shape index (κ2) is 8.72. The van der Waals surface area contributed by atoms with Gasteiger partial charge in [0.25, 0.3) is 10.1 Å². The van der Waals surface area contributed by atoms with E-state index in [-0.39, 0.29) is 5.75 Å². The van der Waals surface area contributed by atoms with Gasteiger partial charge in [-0.1, -0.05) is 66.7 Å². The van der Waals surface area contributed by atoms with Crippen LogP contribution in [0.15, 0.2) is 66.7 Å². The van der Waals surface area contributed by atoms with E-state index in [2.05, 4.69) is 67.6 Å². The Kier molecular flexibility index (Phi) is 6.32. The molecule has 0 bridgehead atoms. The maximum absolute atomic E-state index is 10.9. The maximum atomic E-state index is 10.9. The van der Waals surface area contributed by atoms with E-state index in [9.17, 15) is 8.42 Å². The third-order valence-corrected chi connectivity index (χ3v) is 5.86. The van der Waals surface area contributed by atoms with Gasteiger partial charge >= 0.3 is 0 Å². The highest BCUT2D eigenvalue weighted by molar-refractivity contribution is 7.85. The average molecular weight is 395 g/mol. The van der Waals surface area contributed by atoms with E-state index in [4.69, 9.17) is 4.55 Å². The number of rotatable bonds is 7. The zero-order chi connectivity index (χ0) is 20.1. The Morgan fingerprint density at radius 2 is 1.46 bits per heavy atom. The summed E-state index contributed by atoms with van der Waals surface area (Å²) < 4.78 is 30.8. The van der Waals surface area contributed by atoms with E-state index >= 15 is 0 Å². The van der Waals surface area contributed by atoms with Crippen LogP contribution in [0, 0.1) is 13.8 Å². The van der Waals surface area contributed by atoms with Crippen LogP contribution in [0.3, 0.4) is 0 Å². The van der Waals surface area contributed by atoms with Crippen LogP contribution in [-0.4, -0.2) is 18.7 Å². The minimum absolute atomic E-state index is 0.199. The summed E-state index contributed by atoms with van der Waals surface area (Å²) in [5.41, 5.74) is 8.46. The summed E-state index contributed by atoms with van der Waals surface area (Å²) >= 11 is 0. The van der Waals surface area contributed by atoms with Crippen molar-refractivity contribution in [2.45, 2.75) is 33.1 Å². The monoisotopic (exact) mass is 394 g/mol. The van der Waals surface area contributed by atoms with Crippen LogP contribution in [0.5, 0.6) is 0 Å². The summed E-state index contributed by atoms with van der Waals surface area (Å²) in [6, 6.07) is 23.4. The molecule has 0 saturated carbocycles. The Morgan fingerprint density at radius 1 is 0.821 bits per heavy atom. The molecule has 3 aromatic rings. The minimum atomic E-state index is -3.90. The molecular weight excluding hydrogens is 368 g/mol. The molecule has 1 N–H and O–H groups in total. The van der Waals surface area contributed by atoms with Gasteiger partial charge in [-0.05, 0) is 72.1 Å². The molecule has 0 aliphatic rings. The molecule has 28 heavy (non-hydrogen) atoms. The summed E-state index contributed by atoms with van der Waals surface area (Å²) in [6.07, 6.45) is 1.89. The van der Waals surface area contributed by atoms with E-state index in [1.165, 1.54) is 27.8 Å². The van der Waals surface area contributed by atoms with E-state index < -0.39 is 10.1 Å². The number of hydrogen-bond acceptors (Lipinski definition) is 2. The Bertz CT molecular complexity index is 1050. The van der Waals surface area contributed by atoms with Gasteiger partial charge in [0.15, 0.2) is 0 Å². The molecule has 4 heteroatoms. The molecule has 0 fully saturated rings. The first kappa shape index (κ1) is 20.3. The first-order valence-electron chi connectivity index (χ1n) is 9.50. The Balaban J connectivity index is 1.79. The topological polar surface area (TPSA) is 54.4 Å². The van der Waals surface area contributed by atoms with Gasteiger partial charge in [-0.2, -0.15) is 8.42 Å². The van der Waals surface area contributed by atoms with Gasteiger partial charge < -0.3 is 0 Å². The van der Waals surface area contributed by atoms with E-state index in [0.717, 1.165) is 17.5 Å². The van der Waals surface area contributed by atoms with Gasteiger partial charge in [0.1, 0.15) is 0 Å². The van der Waals surface area contributed by atoms with Gasteiger partial charge in [0.2, 0.25) is 0 Å². The van der Waals surface area contributed by atoms with Crippen LogP contribution in [0.4, 0.5) is 0 Å². The lowest BCUT2D eigenvalue weighted by Gasteiger charge is -2.12. The molecule has 0 aliphatic carbocycles. The highest BCUT2D eigenvalue weighted by Gasteiger charge is 2.08. The summed E-state index contributed by atoms with van der Waals surface area (Å²) in [5, 5.41) is 0. The summed E-state index contributed by atoms with van der Waals surface area (Å²) in [5.74, 6) is -0.199. The zero-order valence-electron chi connectivity index (χ0n) is 16.4. The van der Waals surface area contributed by atoms with Crippen LogP contribution in [0.2, 0.25) is 0 Å². The number of aryl methyl sites for hydroxylation is 3. The Labute approximate surface area is 167 Å². The normalized spacial score (nSPS) is 11.5. The zero-order valence-corrected chi connectivity index (χ0v) is 17.2. The largest absolute Gasteiger partial charge is 0.286 e. The average Bonchev–Trinajstić information content (AvgIpc) is 2.65. The van der Waals surface area contributed by atoms with Crippen molar-refractivity contribution in [1.82, 2.24) is 0 Å². The molecule has 146 valence electrons. The molecule has 0 aromatic heterocycles. The van der Waals surface area contributed by atoms with Crippen molar-refractivity contribution in [3.8, 4) is 11.1 Å². The van der Waals surface area contributed by atoms with Gasteiger partial charge in [0, 0.05) is 0 Å². The van der Waals surface area contributed by atoms with Crippen molar-refractivity contribution < 1.29 is 13.0 Å². The lowest BCUT2D eigenvalue weighted by atomic mass is 9.94. The molecule has 0 saturated heterocycles. The number of hydrogen-bond donors (Lipinski definition) is 1. The fourth-order valence-corrected chi connectivity index (χ4v) is 4.00. The summed E-state index contributed by atoms with van der Waals surface area (Å²) in [7, 11) is -3.90. The van der Waals surface area contributed by atoms with E-state index in [1.807, 2.05) is 13.0 Å². The second-order valence-corrected chi connectivity index (χ2v) is 8.91. The van der Waals surface area contributed by atoms with Gasteiger partial charge in [-0.3, -0.25) is 4.55 Å². The van der Waals surface area contributed by atoms with Crippen LogP contribution in [0.1, 0.15) is 34.2 Å². The van der Waals surface area contributed by atoms with Gasteiger partial charge in [0.05, 0.1) is 5.75 Å². The van der Waals surface area contributed by atoms with E-state index in [0.29, 0.717) is 12.8 Å². The molecule has 0 amide bonds. The molecule has 0 spiro atoms. The predicted octanol–water partition coefficient (Wildman–Crippen LogP) is 5.38. The van der Waals surface area contributed by atoms with E-state index in [1.54, 1.807) is 0 Å². The third-order valence-electron chi connectivity index (χ3n) is 5.06. The third kappa shape index (κ3) is 5.54. The molecule has 0 radical (unpaired) electrons. The first-order chi connectivity index (χ1) is 13.3. The molecular formula is C24H26O3S. The van der Waals surface area contributed by atoms with Crippen molar-refractivity contribution in [3.05, 3.63) is 94.5 Å². The molecule has 0 atom stereocenters. The van der Waals surface area contributed by atoms with Gasteiger partial charge in [-0.25, -0.2) is 0 Å². The van der Waals surface area contributed by atoms with Crippen molar-refractivity contribution in [1.29, 1.82) is 0 Å². The Hall–Kier alpha value is -2.43. The fourth-order valence-electron chi connectivity index (χ4n) is 3.49. The lowest BCUT2D eigenvalue weighted by molar-refractivity contribution is 0.481. The fraction of sp³-hybridized carbons (Fsp3) is 0.250. The molecule has 0 unspecified atom stereocenters. The number of benzene rings is 3. The maximum Gasteiger partial charge on any atom is 0.264 e. The van der Waals surface area contributed by atoms with Crippen molar-refractivity contribution in [2.24, 2.45) is 0 Å². The molecule has 3 rings (SSSR count). The van der Waals surface area contributed by atoms with Crippen LogP contribution >= 0.6 is 0 Å². The predicted molar refractivity (Wildman–Crippen MR) is 115 cm³/mol. The molecule has 3 nitrogen and oxygen atoms in total. The standard InChI is InChI=1S/C24H26O3S/c1-18-10-12-20(16-23(18)9-6-14-28(25,26)27)15-21-13-11-19(2)24(17-21)22-7-4-3-5-8-22/h3-5,7-8,10-13,16-17H,6,9,14-15H2,1-2H3,(H,25,26,27). The summed E-state index contributed by atoms with van der Waals surface area (Å²) in [4.78, 5) is 0. The second-order valence-electron chi connectivity index (χ2n) is 7.34.